The zero-order valence-corrected chi connectivity index (χ0v) is 13.5. The van der Waals surface area contributed by atoms with Crippen LogP contribution in [0, 0.1) is 3.57 Å². The molecule has 2 rings (SSSR count). The summed E-state index contributed by atoms with van der Waals surface area (Å²) >= 11 is 11.2. The highest BCUT2D eigenvalue weighted by Crippen LogP contribution is 2.22. The van der Waals surface area contributed by atoms with Crippen molar-refractivity contribution in [2.75, 3.05) is 5.32 Å². The molecule has 0 atom stereocenters. The largest absolute Gasteiger partial charge is 0.320 e. The summed E-state index contributed by atoms with van der Waals surface area (Å²) in [5, 5.41) is 3.43. The number of hydrogen-bond donors (Lipinski definition) is 1. The molecule has 1 amide bonds. The number of pyridine rings is 1. The Kier molecular flexibility index (Phi) is 4.58. The molecule has 92 valence electrons. The topological polar surface area (TPSA) is 42.0 Å². The number of anilines is 1. The zero-order valence-electron chi connectivity index (χ0n) is 8.95. The summed E-state index contributed by atoms with van der Waals surface area (Å²) < 4.78 is 1.71. The molecular weight excluding hydrogens is 430 g/mol. The lowest BCUT2D eigenvalue weighted by Gasteiger charge is -2.07. The minimum Gasteiger partial charge on any atom is -0.320 e. The van der Waals surface area contributed by atoms with Gasteiger partial charge in [-0.25, -0.2) is 4.98 Å². The maximum atomic E-state index is 11.9. The fourth-order valence-corrected chi connectivity index (χ4v) is 2.53. The van der Waals surface area contributed by atoms with E-state index in [1.165, 1.54) is 0 Å². The minimum absolute atomic E-state index is 0.247. The Bertz CT molecular complexity index is 589. The van der Waals surface area contributed by atoms with E-state index < -0.39 is 0 Å². The minimum atomic E-state index is -0.247. The fourth-order valence-electron chi connectivity index (χ4n) is 1.29. The van der Waals surface area contributed by atoms with E-state index in [9.17, 15) is 4.79 Å². The van der Waals surface area contributed by atoms with Crippen molar-refractivity contribution < 1.29 is 4.79 Å². The van der Waals surface area contributed by atoms with Gasteiger partial charge in [0.15, 0.2) is 0 Å². The molecule has 0 saturated carbocycles. The Balaban J connectivity index is 2.18. The molecule has 0 unspecified atom stereocenters. The molecular formula is C12H7BrClIN2O. The maximum Gasteiger partial charge on any atom is 0.274 e. The molecule has 0 radical (unpaired) electrons. The second-order valence-electron chi connectivity index (χ2n) is 3.44. The van der Waals surface area contributed by atoms with Crippen LogP contribution < -0.4 is 5.32 Å². The Morgan fingerprint density at radius 1 is 1.33 bits per heavy atom. The van der Waals surface area contributed by atoms with E-state index in [2.05, 4.69) is 48.8 Å². The lowest BCUT2D eigenvalue weighted by atomic mass is 10.3. The summed E-state index contributed by atoms with van der Waals surface area (Å²) in [7, 11) is 0. The van der Waals surface area contributed by atoms with Crippen LogP contribution in [0.25, 0.3) is 0 Å². The van der Waals surface area contributed by atoms with Gasteiger partial charge in [-0.2, -0.15) is 0 Å². The van der Waals surface area contributed by atoms with Gasteiger partial charge in [0.1, 0.15) is 5.69 Å². The Hall–Kier alpha value is -0.660. The lowest BCUT2D eigenvalue weighted by molar-refractivity contribution is 0.102. The molecule has 2 aromatic rings. The average molecular weight is 437 g/mol. The predicted molar refractivity (Wildman–Crippen MR) is 84.1 cm³/mol. The van der Waals surface area contributed by atoms with Gasteiger partial charge in [0.25, 0.3) is 5.91 Å². The molecule has 0 aliphatic heterocycles. The Labute approximate surface area is 131 Å². The number of benzene rings is 1. The Morgan fingerprint density at radius 3 is 2.72 bits per heavy atom. The van der Waals surface area contributed by atoms with Crippen molar-refractivity contribution >= 4 is 61.7 Å². The first-order valence-electron chi connectivity index (χ1n) is 4.94. The first-order chi connectivity index (χ1) is 8.56. The Morgan fingerprint density at radius 2 is 2.11 bits per heavy atom. The summed E-state index contributed by atoms with van der Waals surface area (Å²) in [6.45, 7) is 0. The van der Waals surface area contributed by atoms with Crippen LogP contribution in [-0.2, 0) is 0 Å². The second kappa shape index (κ2) is 5.99. The summed E-state index contributed by atoms with van der Waals surface area (Å²) in [4.78, 5) is 16.0. The van der Waals surface area contributed by atoms with Gasteiger partial charge in [-0.15, -0.1) is 0 Å². The van der Waals surface area contributed by atoms with Gasteiger partial charge in [0, 0.05) is 19.3 Å². The molecule has 1 aromatic heterocycles. The van der Waals surface area contributed by atoms with Crippen LogP contribution in [0.3, 0.4) is 0 Å². The molecule has 3 nitrogen and oxygen atoms in total. The zero-order chi connectivity index (χ0) is 13.1. The summed E-state index contributed by atoms with van der Waals surface area (Å²) in [5.74, 6) is -0.247. The van der Waals surface area contributed by atoms with Gasteiger partial charge < -0.3 is 5.32 Å². The van der Waals surface area contributed by atoms with Crippen LogP contribution in [0.15, 0.2) is 41.0 Å². The molecule has 0 spiro atoms. The van der Waals surface area contributed by atoms with E-state index in [4.69, 9.17) is 11.6 Å². The SMILES string of the molecule is O=C(Nc1ccc(Cl)cc1I)c1ccc(Br)cn1. The summed E-state index contributed by atoms with van der Waals surface area (Å²) in [5.41, 5.74) is 1.08. The van der Waals surface area contributed by atoms with Crippen molar-refractivity contribution in [3.05, 3.63) is 55.3 Å². The third-order valence-corrected chi connectivity index (χ3v) is 3.74. The molecule has 6 heteroatoms. The molecule has 0 bridgehead atoms. The van der Waals surface area contributed by atoms with Gasteiger partial charge in [-0.05, 0) is 68.9 Å². The van der Waals surface area contributed by atoms with E-state index in [1.54, 1.807) is 36.5 Å². The maximum absolute atomic E-state index is 11.9. The highest BCUT2D eigenvalue weighted by atomic mass is 127. The second-order valence-corrected chi connectivity index (χ2v) is 5.95. The molecule has 1 aromatic carbocycles. The van der Waals surface area contributed by atoms with Crippen molar-refractivity contribution in [3.63, 3.8) is 0 Å². The van der Waals surface area contributed by atoms with Gasteiger partial charge >= 0.3 is 0 Å². The first kappa shape index (κ1) is 13.8. The molecule has 0 saturated heterocycles. The van der Waals surface area contributed by atoms with Gasteiger partial charge in [0.05, 0.1) is 5.69 Å². The number of rotatable bonds is 2. The third-order valence-electron chi connectivity index (χ3n) is 2.14. The van der Waals surface area contributed by atoms with E-state index in [1.807, 2.05) is 0 Å². The lowest BCUT2D eigenvalue weighted by Crippen LogP contribution is -2.14. The van der Waals surface area contributed by atoms with Crippen molar-refractivity contribution in [1.29, 1.82) is 0 Å². The van der Waals surface area contributed by atoms with Gasteiger partial charge in [0.2, 0.25) is 0 Å². The average Bonchev–Trinajstić information content (AvgIpc) is 2.33. The highest BCUT2D eigenvalue weighted by Gasteiger charge is 2.09. The number of carbonyl (C=O) groups excluding carboxylic acids is 1. The molecule has 0 aliphatic rings. The van der Waals surface area contributed by atoms with Crippen molar-refractivity contribution in [1.82, 2.24) is 4.98 Å². The normalized spacial score (nSPS) is 10.2. The monoisotopic (exact) mass is 436 g/mol. The van der Waals surface area contributed by atoms with E-state index in [-0.39, 0.29) is 5.91 Å². The van der Waals surface area contributed by atoms with Gasteiger partial charge in [-0.1, -0.05) is 11.6 Å². The molecule has 0 fully saturated rings. The van der Waals surface area contributed by atoms with Crippen LogP contribution in [-0.4, -0.2) is 10.9 Å². The van der Waals surface area contributed by atoms with E-state index >= 15 is 0 Å². The first-order valence-corrected chi connectivity index (χ1v) is 7.19. The number of halogens is 3. The van der Waals surface area contributed by atoms with E-state index in [0.717, 1.165) is 13.7 Å². The predicted octanol–water partition coefficient (Wildman–Crippen LogP) is 4.35. The van der Waals surface area contributed by atoms with Crippen molar-refractivity contribution in [2.24, 2.45) is 0 Å². The standard InChI is InChI=1S/C12H7BrClIN2O/c13-7-1-3-11(16-6-7)12(18)17-10-4-2-8(14)5-9(10)15/h1-6H,(H,17,18). The number of hydrogen-bond acceptors (Lipinski definition) is 2. The smallest absolute Gasteiger partial charge is 0.274 e. The van der Waals surface area contributed by atoms with Crippen LogP contribution in [0.1, 0.15) is 10.5 Å². The number of nitrogens with one attached hydrogen (secondary N) is 1. The summed E-state index contributed by atoms with van der Waals surface area (Å²) in [6.07, 6.45) is 1.59. The molecule has 1 heterocycles. The third kappa shape index (κ3) is 3.43. The quantitative estimate of drug-likeness (QED) is 0.710. The number of aromatic nitrogens is 1. The number of amides is 1. The van der Waals surface area contributed by atoms with Crippen LogP contribution >= 0.6 is 50.1 Å². The van der Waals surface area contributed by atoms with Crippen LogP contribution in [0.4, 0.5) is 5.69 Å². The van der Waals surface area contributed by atoms with E-state index in [0.29, 0.717) is 10.7 Å². The van der Waals surface area contributed by atoms with Crippen LogP contribution in [0.2, 0.25) is 5.02 Å². The fraction of sp³-hybridized carbons (Fsp3) is 0. The number of nitrogens with zero attached hydrogens (tertiary/aromatic N) is 1. The molecule has 18 heavy (non-hydrogen) atoms. The van der Waals surface area contributed by atoms with Crippen molar-refractivity contribution in [2.45, 2.75) is 0 Å². The van der Waals surface area contributed by atoms with Gasteiger partial charge in [-0.3, -0.25) is 4.79 Å². The van der Waals surface area contributed by atoms with Crippen LogP contribution in [0.5, 0.6) is 0 Å². The molecule has 1 N–H and O–H groups in total. The highest BCUT2D eigenvalue weighted by molar-refractivity contribution is 14.1. The number of carbonyl (C=O) groups is 1. The van der Waals surface area contributed by atoms with Crippen molar-refractivity contribution in [3.8, 4) is 0 Å². The summed E-state index contributed by atoms with van der Waals surface area (Å²) in [6, 6.07) is 8.71. The molecule has 0 aliphatic carbocycles.